The molecule has 20 heteroatoms. The topological polar surface area (TPSA) is 217 Å². The van der Waals surface area contributed by atoms with Crippen molar-refractivity contribution in [2.24, 2.45) is 5.92 Å². The lowest BCUT2D eigenvalue weighted by Gasteiger charge is -2.25. The molecular formula is C67H64F3N11O6. The van der Waals surface area contributed by atoms with Crippen molar-refractivity contribution in [2.45, 2.75) is 84.1 Å². The number of halogens is 3. The second-order valence-corrected chi connectivity index (χ2v) is 20.7. The van der Waals surface area contributed by atoms with Gasteiger partial charge in [-0.15, -0.1) is 0 Å². The number of carbonyl (C=O) groups excluding carboxylic acids is 2. The number of likely N-dealkylation sites (tertiary alicyclic amines) is 2. The molecule has 3 fully saturated rings. The van der Waals surface area contributed by atoms with E-state index in [1.165, 1.54) is 52.6 Å². The van der Waals surface area contributed by atoms with E-state index >= 15 is 0 Å². The minimum absolute atomic E-state index is 0. The van der Waals surface area contributed by atoms with Gasteiger partial charge >= 0.3 is 5.97 Å². The van der Waals surface area contributed by atoms with E-state index in [2.05, 4.69) is 52.1 Å². The summed E-state index contributed by atoms with van der Waals surface area (Å²) >= 11 is 0. The molecule has 444 valence electrons. The van der Waals surface area contributed by atoms with Crippen molar-refractivity contribution in [3.05, 3.63) is 250 Å². The van der Waals surface area contributed by atoms with Crippen LogP contribution in [0.5, 0.6) is 0 Å². The molecule has 9 aromatic rings. The Balaban J connectivity index is 0.000000172. The Bertz CT molecular complexity index is 3780. The third-order valence-electron chi connectivity index (χ3n) is 15.2. The number of aromatic amines is 3. The van der Waals surface area contributed by atoms with Crippen molar-refractivity contribution in [1.29, 1.82) is 0 Å². The summed E-state index contributed by atoms with van der Waals surface area (Å²) in [7, 11) is 0. The summed E-state index contributed by atoms with van der Waals surface area (Å²) in [5.74, 6) is -1.32. The first-order valence-corrected chi connectivity index (χ1v) is 27.1. The van der Waals surface area contributed by atoms with Crippen LogP contribution in [-0.2, 0) is 0 Å². The highest BCUT2D eigenvalue weighted by Crippen LogP contribution is 2.41. The molecule has 12 rings (SSSR count). The maximum Gasteiger partial charge on any atom is 0.334 e. The van der Waals surface area contributed by atoms with Crippen molar-refractivity contribution in [3.63, 3.8) is 0 Å². The highest BCUT2D eigenvalue weighted by molar-refractivity contribution is 5.98. The second kappa shape index (κ2) is 29.4. The van der Waals surface area contributed by atoms with Crippen LogP contribution in [0.3, 0.4) is 0 Å². The molecule has 2 aliphatic heterocycles. The summed E-state index contributed by atoms with van der Waals surface area (Å²) < 4.78 is 41.9. The molecule has 17 nitrogen and oxygen atoms in total. The molecule has 6 atom stereocenters. The SMILES string of the molecule is C.C.CC1CC[C@@H](c2ccccc2F)C1.[C-]#[N+]c1cc(C(=O)N2C[C@@H](O)C[C@@H]2c2ccccc2F)ccc1-c1cn[nH]c1.[C-]#[N+]c1cc(C(=O)N2C[C@H](O)C[C@@H]2c2ccccc2F)ccc1-c1cn[nH]c1.[C-]#[N+]c1cc(C(=O)O)ccc1-c1cn[nH]c1. The number of aliphatic hydroxyl groups excluding tert-OH is 2. The number of hydrogen-bond acceptors (Lipinski definition) is 8. The average Bonchev–Trinajstić information content (AvgIpc) is 2.58. The monoisotopic (exact) mass is 1180 g/mol. The van der Waals surface area contributed by atoms with Crippen LogP contribution in [-0.4, -0.2) is 98.8 Å². The molecule has 2 amide bonds. The van der Waals surface area contributed by atoms with E-state index in [-0.39, 0.29) is 64.0 Å². The number of carboxylic acids is 1. The van der Waals surface area contributed by atoms with E-state index in [0.29, 0.717) is 61.9 Å². The fraction of sp³-hybridized carbons (Fsp3) is 0.239. The molecule has 2 saturated heterocycles. The molecule has 0 bridgehead atoms. The van der Waals surface area contributed by atoms with Gasteiger partial charge in [0.2, 0.25) is 0 Å². The Labute approximate surface area is 502 Å². The first-order valence-electron chi connectivity index (χ1n) is 27.1. The second-order valence-electron chi connectivity index (χ2n) is 20.7. The zero-order chi connectivity index (χ0) is 60.1. The molecule has 1 unspecified atom stereocenters. The largest absolute Gasteiger partial charge is 0.478 e. The maximum atomic E-state index is 14.3. The van der Waals surface area contributed by atoms with Gasteiger partial charge in [0.05, 0.1) is 62.6 Å². The summed E-state index contributed by atoms with van der Waals surface area (Å²) in [5.41, 5.74) is 7.71. The number of benzene rings is 6. The van der Waals surface area contributed by atoms with E-state index < -0.39 is 41.9 Å². The number of carboxylic acid groups (broad SMARTS) is 1. The minimum Gasteiger partial charge on any atom is -0.478 e. The quantitative estimate of drug-likeness (QED) is 0.0757. The molecule has 6 aromatic carbocycles. The number of H-pyrrole nitrogens is 3. The highest BCUT2D eigenvalue weighted by atomic mass is 19.1. The van der Waals surface area contributed by atoms with Crippen LogP contribution in [0.2, 0.25) is 0 Å². The Morgan fingerprint density at radius 3 is 1.20 bits per heavy atom. The normalized spacial score (nSPS) is 18.1. The van der Waals surface area contributed by atoms with Gasteiger partial charge in [0.1, 0.15) is 17.5 Å². The number of β-amino-alcohol motifs (C(OH)–C–C–N with tert-alkyl or cyclic N) is 2. The summed E-state index contributed by atoms with van der Waals surface area (Å²) in [6.07, 6.45) is 12.5. The van der Waals surface area contributed by atoms with Gasteiger partial charge in [-0.05, 0) is 102 Å². The van der Waals surface area contributed by atoms with Gasteiger partial charge in [-0.3, -0.25) is 24.9 Å². The number of rotatable bonds is 9. The minimum atomic E-state index is -1.04. The number of carbonyl (C=O) groups is 3. The molecule has 6 N–H and O–H groups in total. The number of aromatic carboxylic acids is 1. The molecule has 1 aliphatic carbocycles. The first-order chi connectivity index (χ1) is 41.1. The van der Waals surface area contributed by atoms with E-state index in [4.69, 9.17) is 24.8 Å². The van der Waals surface area contributed by atoms with Crippen molar-refractivity contribution < 1.29 is 42.9 Å². The Hall–Kier alpha value is -10.5. The smallest absolute Gasteiger partial charge is 0.334 e. The number of amides is 2. The lowest BCUT2D eigenvalue weighted by molar-refractivity contribution is 0.0692. The maximum absolute atomic E-state index is 14.3. The zero-order valence-electron chi connectivity index (χ0n) is 45.8. The molecule has 87 heavy (non-hydrogen) atoms. The lowest BCUT2D eigenvalue weighted by atomic mass is 9.96. The third kappa shape index (κ3) is 14.9. The molecule has 1 saturated carbocycles. The van der Waals surface area contributed by atoms with E-state index in [9.17, 15) is 37.8 Å². The van der Waals surface area contributed by atoms with Gasteiger partial charge in [-0.1, -0.05) is 113 Å². The number of aliphatic hydroxyl groups is 2. The Morgan fingerprint density at radius 1 is 0.517 bits per heavy atom. The number of hydrogen-bond donors (Lipinski definition) is 6. The van der Waals surface area contributed by atoms with Gasteiger partial charge in [0.15, 0.2) is 17.1 Å². The van der Waals surface area contributed by atoms with Crippen molar-refractivity contribution in [2.75, 3.05) is 13.1 Å². The Kier molecular flexibility index (Phi) is 21.6. The number of aromatic nitrogens is 6. The van der Waals surface area contributed by atoms with Crippen molar-refractivity contribution >= 4 is 34.8 Å². The molecule has 5 heterocycles. The van der Waals surface area contributed by atoms with Crippen LogP contribution < -0.4 is 0 Å². The summed E-state index contributed by atoms with van der Waals surface area (Å²) in [6, 6.07) is 32.8. The van der Waals surface area contributed by atoms with Crippen LogP contribution in [0, 0.1) is 43.1 Å². The van der Waals surface area contributed by atoms with Crippen LogP contribution in [0.15, 0.2) is 165 Å². The van der Waals surface area contributed by atoms with Gasteiger partial charge < -0.3 is 25.1 Å². The standard InChI is InChI=1S/2C21H17FN4O2.C12H15F.C11H7N3O2.2CH4/c2*1-23-19-8-13(6-7-16(19)14-10-24-25-11-14)21(28)26-12-15(27)9-20(26)17-4-2-3-5-18(17)22;1-9-6-7-10(8-9)11-4-2-3-5-12(11)13;1-12-10-4-7(11(15)16)2-3-9(10)8-5-13-14-6-8;;/h2*2-8,10-11,15,20,27H,9,12H2,(H,24,25);2-5,9-10H,6-8H2,1H3;2-6H,(H,13,14)(H,15,16);2*1H4/t15-,20+;15-,20-;9?,10-;;;/m011.../s1. The average molecular weight is 1180 g/mol. The van der Waals surface area contributed by atoms with Gasteiger partial charge in [0.25, 0.3) is 11.8 Å². The van der Waals surface area contributed by atoms with Crippen LogP contribution in [0.25, 0.3) is 47.9 Å². The van der Waals surface area contributed by atoms with Crippen LogP contribution in [0.4, 0.5) is 30.2 Å². The van der Waals surface area contributed by atoms with E-state index in [1.54, 1.807) is 116 Å². The molecular weight excluding hydrogens is 1110 g/mol. The van der Waals surface area contributed by atoms with E-state index in [1.807, 2.05) is 12.1 Å². The van der Waals surface area contributed by atoms with E-state index in [0.717, 1.165) is 41.0 Å². The lowest BCUT2D eigenvalue weighted by Crippen LogP contribution is -2.32. The molecule has 0 spiro atoms. The summed E-state index contributed by atoms with van der Waals surface area (Å²) in [6.45, 7) is 24.4. The van der Waals surface area contributed by atoms with Gasteiger partial charge in [-0.2, -0.15) is 15.3 Å². The summed E-state index contributed by atoms with van der Waals surface area (Å²) in [5, 5.41) is 48.7. The first kappa shape index (κ1) is 64.1. The fourth-order valence-corrected chi connectivity index (χ4v) is 11.0. The highest BCUT2D eigenvalue weighted by Gasteiger charge is 2.39. The van der Waals surface area contributed by atoms with Crippen LogP contribution >= 0.6 is 0 Å². The van der Waals surface area contributed by atoms with Gasteiger partial charge in [-0.25, -0.2) is 32.5 Å². The predicted molar refractivity (Wildman–Crippen MR) is 325 cm³/mol. The summed E-state index contributed by atoms with van der Waals surface area (Å²) in [4.78, 5) is 50.3. The molecule has 3 aliphatic rings. The van der Waals surface area contributed by atoms with Crippen molar-refractivity contribution in [3.8, 4) is 33.4 Å². The Morgan fingerprint density at radius 2 is 0.874 bits per heavy atom. The zero-order valence-corrected chi connectivity index (χ0v) is 45.8. The number of nitrogens with one attached hydrogen (secondary N) is 3. The molecule has 3 aromatic heterocycles. The molecule has 0 radical (unpaired) electrons. The van der Waals surface area contributed by atoms with Crippen LogP contribution in [0.1, 0.15) is 120 Å². The number of nitrogens with zero attached hydrogens (tertiary/aromatic N) is 8. The third-order valence-corrected chi connectivity index (χ3v) is 15.2. The predicted octanol–water partition coefficient (Wildman–Crippen LogP) is 14.8. The fourth-order valence-electron chi connectivity index (χ4n) is 11.0. The van der Waals surface area contributed by atoms with Gasteiger partial charge in [0, 0.05) is 76.2 Å². The van der Waals surface area contributed by atoms with Crippen molar-refractivity contribution in [1.82, 2.24) is 40.4 Å².